The maximum Gasteiger partial charge on any atom is 0.319 e. The first-order valence-electron chi connectivity index (χ1n) is 5.64. The number of hydrogen-bond donors (Lipinski definition) is 1. The molecule has 1 aliphatic carbocycles. The van der Waals surface area contributed by atoms with Crippen LogP contribution in [0.1, 0.15) is 40.5 Å². The Morgan fingerprint density at radius 3 is 2.19 bits per heavy atom. The van der Waals surface area contributed by atoms with Crippen molar-refractivity contribution < 1.29 is 19.4 Å². The van der Waals surface area contributed by atoms with Crippen LogP contribution < -0.4 is 0 Å². The molecule has 0 amide bonds. The maximum atomic E-state index is 12.2. The van der Waals surface area contributed by atoms with E-state index in [2.05, 4.69) is 0 Å². The van der Waals surface area contributed by atoms with E-state index in [1.807, 2.05) is 0 Å². The fraction of sp³-hybridized carbons (Fsp3) is 0.833. The van der Waals surface area contributed by atoms with Crippen molar-refractivity contribution in [3.05, 3.63) is 0 Å². The molecule has 1 rings (SSSR count). The third kappa shape index (κ3) is 2.12. The van der Waals surface area contributed by atoms with Gasteiger partial charge in [-0.15, -0.1) is 0 Å². The summed E-state index contributed by atoms with van der Waals surface area (Å²) in [6.07, 6.45) is -0.167. The molecule has 1 fully saturated rings. The van der Waals surface area contributed by atoms with Crippen LogP contribution in [0.15, 0.2) is 0 Å². The lowest BCUT2D eigenvalue weighted by Gasteiger charge is -2.44. The maximum absolute atomic E-state index is 12.2. The number of aliphatic hydroxyl groups excluding tert-OH is 1. The molecule has 0 aromatic rings. The molecule has 0 spiro atoms. The molecule has 1 N–H and O–H groups in total. The van der Waals surface area contributed by atoms with Crippen LogP contribution in [-0.2, 0) is 14.3 Å². The second-order valence-corrected chi connectivity index (χ2v) is 5.44. The highest BCUT2D eigenvalue weighted by atomic mass is 16.5. The van der Waals surface area contributed by atoms with Gasteiger partial charge in [-0.3, -0.25) is 9.59 Å². The fourth-order valence-corrected chi connectivity index (χ4v) is 2.18. The van der Waals surface area contributed by atoms with E-state index in [-0.39, 0.29) is 25.2 Å². The van der Waals surface area contributed by atoms with E-state index in [1.54, 1.807) is 27.7 Å². The summed E-state index contributed by atoms with van der Waals surface area (Å²) < 4.78 is 4.94. The van der Waals surface area contributed by atoms with Gasteiger partial charge >= 0.3 is 5.97 Å². The van der Waals surface area contributed by atoms with Crippen molar-refractivity contribution in [1.29, 1.82) is 0 Å². The topological polar surface area (TPSA) is 63.6 Å². The van der Waals surface area contributed by atoms with Crippen molar-refractivity contribution in [3.8, 4) is 0 Å². The molecular weight excluding hydrogens is 208 g/mol. The van der Waals surface area contributed by atoms with Crippen molar-refractivity contribution in [2.24, 2.45) is 10.8 Å². The van der Waals surface area contributed by atoms with Crippen molar-refractivity contribution in [2.75, 3.05) is 6.61 Å². The predicted molar refractivity (Wildman–Crippen MR) is 58.8 cm³/mol. The minimum atomic E-state index is -1.10. The van der Waals surface area contributed by atoms with Gasteiger partial charge in [-0.1, -0.05) is 20.8 Å². The number of esters is 1. The summed E-state index contributed by atoms with van der Waals surface area (Å²) in [6, 6.07) is 0. The Labute approximate surface area is 96.0 Å². The number of carbonyl (C=O) groups is 2. The highest BCUT2D eigenvalue weighted by molar-refractivity contribution is 6.07. The normalized spacial score (nSPS) is 29.4. The molecule has 16 heavy (non-hydrogen) atoms. The number of rotatable bonds is 3. The van der Waals surface area contributed by atoms with Gasteiger partial charge in [-0.25, -0.2) is 0 Å². The van der Waals surface area contributed by atoms with Gasteiger partial charge in [0.05, 0.1) is 12.7 Å². The molecule has 1 saturated carbocycles. The van der Waals surface area contributed by atoms with Gasteiger partial charge in [-0.05, 0) is 19.8 Å². The van der Waals surface area contributed by atoms with Crippen molar-refractivity contribution in [3.63, 3.8) is 0 Å². The second kappa shape index (κ2) is 4.17. The van der Waals surface area contributed by atoms with Gasteiger partial charge in [-0.2, -0.15) is 0 Å². The molecule has 0 saturated heterocycles. The zero-order chi connectivity index (χ0) is 12.6. The highest BCUT2D eigenvalue weighted by Crippen LogP contribution is 2.47. The Morgan fingerprint density at radius 1 is 1.38 bits per heavy atom. The van der Waals surface area contributed by atoms with Crippen LogP contribution in [0.3, 0.4) is 0 Å². The molecule has 0 atom stereocenters. The van der Waals surface area contributed by atoms with Gasteiger partial charge in [0.15, 0.2) is 5.78 Å². The van der Waals surface area contributed by atoms with Crippen molar-refractivity contribution >= 4 is 11.8 Å². The Bertz CT molecular complexity index is 295. The molecule has 0 aromatic heterocycles. The van der Waals surface area contributed by atoms with Crippen LogP contribution >= 0.6 is 0 Å². The van der Waals surface area contributed by atoms with Crippen LogP contribution in [0.5, 0.6) is 0 Å². The average Bonchev–Trinajstić information content (AvgIpc) is 2.10. The fourth-order valence-electron chi connectivity index (χ4n) is 2.18. The number of aliphatic hydroxyl groups is 1. The second-order valence-electron chi connectivity index (χ2n) is 5.44. The summed E-state index contributed by atoms with van der Waals surface area (Å²) in [7, 11) is 0. The minimum Gasteiger partial charge on any atom is -0.465 e. The van der Waals surface area contributed by atoms with E-state index in [0.29, 0.717) is 0 Å². The van der Waals surface area contributed by atoms with Gasteiger partial charge < -0.3 is 9.84 Å². The summed E-state index contributed by atoms with van der Waals surface area (Å²) in [4.78, 5) is 24.0. The lowest BCUT2D eigenvalue weighted by Crippen LogP contribution is -2.56. The zero-order valence-corrected chi connectivity index (χ0v) is 10.4. The summed E-state index contributed by atoms with van der Waals surface area (Å²) in [5.74, 6) is -0.621. The average molecular weight is 228 g/mol. The minimum absolute atomic E-state index is 0.135. The van der Waals surface area contributed by atoms with E-state index >= 15 is 0 Å². The van der Waals surface area contributed by atoms with E-state index in [0.717, 1.165) is 0 Å². The molecule has 4 heteroatoms. The molecule has 0 aliphatic heterocycles. The van der Waals surface area contributed by atoms with Gasteiger partial charge in [0.25, 0.3) is 0 Å². The van der Waals surface area contributed by atoms with Crippen LogP contribution in [0.25, 0.3) is 0 Å². The standard InChI is InChI=1S/C12H20O4/c1-5-16-10(15)12(6-8(13)7-12)9(14)11(2,3)4/h8,13H,5-7H2,1-4H3. The first-order chi connectivity index (χ1) is 7.24. The third-order valence-corrected chi connectivity index (χ3v) is 2.95. The van der Waals surface area contributed by atoms with E-state index in [4.69, 9.17) is 4.74 Å². The molecular formula is C12H20O4. The lowest BCUT2D eigenvalue weighted by molar-refractivity contribution is -0.178. The first kappa shape index (κ1) is 13.2. The molecule has 0 radical (unpaired) electrons. The third-order valence-electron chi connectivity index (χ3n) is 2.95. The zero-order valence-electron chi connectivity index (χ0n) is 10.4. The molecule has 4 nitrogen and oxygen atoms in total. The quantitative estimate of drug-likeness (QED) is 0.584. The smallest absolute Gasteiger partial charge is 0.319 e. The first-order valence-corrected chi connectivity index (χ1v) is 5.64. The molecule has 92 valence electrons. The number of carbonyl (C=O) groups excluding carboxylic acids is 2. The largest absolute Gasteiger partial charge is 0.465 e. The summed E-state index contributed by atoms with van der Waals surface area (Å²) in [6.45, 7) is 7.30. The SMILES string of the molecule is CCOC(=O)C1(C(=O)C(C)(C)C)CC(O)C1. The number of hydrogen-bond acceptors (Lipinski definition) is 4. The van der Waals surface area contributed by atoms with E-state index < -0.39 is 22.9 Å². The summed E-state index contributed by atoms with van der Waals surface area (Å²) in [5, 5.41) is 9.36. The molecule has 0 bridgehead atoms. The summed E-state index contributed by atoms with van der Waals surface area (Å²) in [5.41, 5.74) is -1.69. The lowest BCUT2D eigenvalue weighted by atomic mass is 9.59. The number of ether oxygens (including phenoxy) is 1. The van der Waals surface area contributed by atoms with E-state index in [1.165, 1.54) is 0 Å². The monoisotopic (exact) mass is 228 g/mol. The van der Waals surface area contributed by atoms with Gasteiger partial charge in [0, 0.05) is 5.41 Å². The molecule has 0 aromatic carbocycles. The van der Waals surface area contributed by atoms with Crippen LogP contribution in [0.2, 0.25) is 0 Å². The Morgan fingerprint density at radius 2 is 1.88 bits per heavy atom. The highest BCUT2D eigenvalue weighted by Gasteiger charge is 2.58. The summed E-state index contributed by atoms with van der Waals surface area (Å²) >= 11 is 0. The molecule has 1 aliphatic rings. The molecule has 0 heterocycles. The predicted octanol–water partition coefficient (Wildman–Crippen LogP) is 1.31. The Balaban J connectivity index is 2.91. The van der Waals surface area contributed by atoms with E-state index in [9.17, 15) is 14.7 Å². The van der Waals surface area contributed by atoms with Crippen LogP contribution in [0.4, 0.5) is 0 Å². The van der Waals surface area contributed by atoms with Gasteiger partial charge in [0.2, 0.25) is 0 Å². The Hall–Kier alpha value is -0.900. The van der Waals surface area contributed by atoms with Gasteiger partial charge in [0.1, 0.15) is 5.41 Å². The van der Waals surface area contributed by atoms with Crippen LogP contribution in [-0.4, -0.2) is 29.6 Å². The molecule has 0 unspecified atom stereocenters. The Kier molecular flexibility index (Phi) is 3.43. The van der Waals surface area contributed by atoms with Crippen molar-refractivity contribution in [1.82, 2.24) is 0 Å². The number of Topliss-reactive ketones (excluding diaryl/α,β-unsaturated/α-hetero) is 1. The number of ketones is 1. The van der Waals surface area contributed by atoms with Crippen LogP contribution in [0, 0.1) is 10.8 Å². The van der Waals surface area contributed by atoms with Crippen molar-refractivity contribution in [2.45, 2.75) is 46.6 Å².